The fourth-order valence-electron chi connectivity index (χ4n) is 4.24. The van der Waals surface area contributed by atoms with Crippen LogP contribution in [0.15, 0.2) is 83.8 Å². The summed E-state index contributed by atoms with van der Waals surface area (Å²) in [6, 6.07) is 20.4. The van der Waals surface area contributed by atoms with Crippen molar-refractivity contribution in [3.63, 3.8) is 0 Å². The van der Waals surface area contributed by atoms with Gasteiger partial charge in [-0.25, -0.2) is 17.2 Å². The predicted octanol–water partition coefficient (Wildman–Crippen LogP) is 5.51. The Labute approximate surface area is 231 Å². The lowest BCUT2D eigenvalue weighted by Gasteiger charge is -2.20. The topological polar surface area (TPSA) is 115 Å². The van der Waals surface area contributed by atoms with Crippen LogP contribution >= 0.6 is 19.0 Å². The van der Waals surface area contributed by atoms with Crippen LogP contribution in [0, 0.1) is 11.3 Å². The Morgan fingerprint density at radius 3 is 2.46 bits per heavy atom. The van der Waals surface area contributed by atoms with E-state index < -0.39 is 29.1 Å². The first-order valence-electron chi connectivity index (χ1n) is 11.9. The SMILES string of the molecule is CCOC(=O)c1c([P@@](=O)(OCC)c2cccc(/C=C\C#N)c2)c2cc(Cl)ccc2n1S(=O)(=O)c1ccccc1. The highest BCUT2D eigenvalue weighted by Crippen LogP contribution is 2.49. The van der Waals surface area contributed by atoms with Gasteiger partial charge < -0.3 is 9.26 Å². The lowest BCUT2D eigenvalue weighted by Crippen LogP contribution is -2.28. The molecule has 200 valence electrons. The predicted molar refractivity (Wildman–Crippen MR) is 152 cm³/mol. The van der Waals surface area contributed by atoms with Gasteiger partial charge in [0.05, 0.1) is 35.0 Å². The zero-order chi connectivity index (χ0) is 28.2. The Morgan fingerprint density at radius 1 is 1.05 bits per heavy atom. The average Bonchev–Trinajstić information content (AvgIpc) is 3.28. The maximum absolute atomic E-state index is 15.0. The van der Waals surface area contributed by atoms with Crippen LogP contribution in [-0.4, -0.2) is 31.6 Å². The van der Waals surface area contributed by atoms with Gasteiger partial charge in [-0.05, 0) is 68.0 Å². The van der Waals surface area contributed by atoms with Gasteiger partial charge in [-0.1, -0.05) is 41.9 Å². The van der Waals surface area contributed by atoms with Gasteiger partial charge in [0.2, 0.25) is 0 Å². The number of carbonyl (C=O) groups excluding carboxylic acids is 1. The number of hydrogen-bond donors (Lipinski definition) is 0. The molecule has 0 saturated heterocycles. The second kappa shape index (κ2) is 11.6. The number of nitriles is 1. The first-order valence-corrected chi connectivity index (χ1v) is 15.4. The van der Waals surface area contributed by atoms with Crippen molar-refractivity contribution in [1.29, 1.82) is 5.26 Å². The van der Waals surface area contributed by atoms with E-state index in [-0.39, 0.29) is 44.6 Å². The second-order valence-corrected chi connectivity index (χ2v) is 12.7. The van der Waals surface area contributed by atoms with Gasteiger partial charge in [0.1, 0.15) is 0 Å². The molecule has 1 atom stereocenters. The van der Waals surface area contributed by atoms with Gasteiger partial charge in [-0.2, -0.15) is 5.26 Å². The average molecular weight is 583 g/mol. The third kappa shape index (κ3) is 5.29. The molecular formula is C28H24ClN2O6PS. The molecule has 4 aromatic rings. The molecule has 11 heteroatoms. The first-order chi connectivity index (χ1) is 18.7. The van der Waals surface area contributed by atoms with E-state index >= 15 is 4.57 Å². The largest absolute Gasteiger partial charge is 0.461 e. The summed E-state index contributed by atoms with van der Waals surface area (Å²) in [5, 5.41) is 9.41. The molecule has 0 aliphatic rings. The lowest BCUT2D eigenvalue weighted by molar-refractivity contribution is 0.0520. The summed E-state index contributed by atoms with van der Waals surface area (Å²) in [5.41, 5.74) is 0.208. The molecule has 0 unspecified atom stereocenters. The number of fused-ring (bicyclic) bond motifs is 1. The van der Waals surface area contributed by atoms with Gasteiger partial charge >= 0.3 is 5.97 Å². The quantitative estimate of drug-likeness (QED) is 0.145. The molecule has 0 fully saturated rings. The minimum atomic E-state index is -4.38. The fraction of sp³-hybridized carbons (Fsp3) is 0.143. The van der Waals surface area contributed by atoms with Crippen molar-refractivity contribution in [3.05, 3.63) is 95.2 Å². The van der Waals surface area contributed by atoms with Gasteiger partial charge in [0, 0.05) is 21.8 Å². The highest BCUT2D eigenvalue weighted by molar-refractivity contribution is 7.90. The van der Waals surface area contributed by atoms with Crippen molar-refractivity contribution in [3.8, 4) is 6.07 Å². The number of benzene rings is 3. The molecule has 0 aliphatic carbocycles. The van der Waals surface area contributed by atoms with Crippen molar-refractivity contribution >= 4 is 62.6 Å². The summed E-state index contributed by atoms with van der Waals surface area (Å²) < 4.78 is 55.1. The second-order valence-electron chi connectivity index (χ2n) is 8.19. The fourth-order valence-corrected chi connectivity index (χ4v) is 8.48. The molecule has 0 radical (unpaired) electrons. The molecule has 1 heterocycles. The highest BCUT2D eigenvalue weighted by atomic mass is 35.5. The molecule has 0 spiro atoms. The molecule has 0 N–H and O–H groups in total. The monoisotopic (exact) mass is 582 g/mol. The van der Waals surface area contributed by atoms with Gasteiger partial charge in [-0.15, -0.1) is 0 Å². The Hall–Kier alpha value is -3.67. The molecule has 0 saturated carbocycles. The van der Waals surface area contributed by atoms with Crippen LogP contribution in [-0.2, 0) is 23.8 Å². The molecule has 4 rings (SSSR count). The summed E-state index contributed by atoms with van der Waals surface area (Å²) in [6.07, 6.45) is 2.80. The Morgan fingerprint density at radius 2 is 1.79 bits per heavy atom. The Balaban J connectivity index is 2.19. The third-order valence-corrected chi connectivity index (χ3v) is 10.4. The van der Waals surface area contributed by atoms with E-state index in [1.54, 1.807) is 56.3 Å². The maximum Gasteiger partial charge on any atom is 0.356 e. The number of carbonyl (C=O) groups is 1. The molecule has 0 amide bonds. The van der Waals surface area contributed by atoms with Crippen LogP contribution in [0.3, 0.4) is 0 Å². The van der Waals surface area contributed by atoms with Crippen molar-refractivity contribution in [2.24, 2.45) is 0 Å². The number of nitrogens with zero attached hydrogens (tertiary/aromatic N) is 2. The van der Waals surface area contributed by atoms with Crippen molar-refractivity contribution < 1.29 is 27.0 Å². The molecule has 3 aromatic carbocycles. The zero-order valence-corrected chi connectivity index (χ0v) is 23.5. The Kier molecular flexibility index (Phi) is 8.43. The van der Waals surface area contributed by atoms with Crippen molar-refractivity contribution in [1.82, 2.24) is 3.97 Å². The summed E-state index contributed by atoms with van der Waals surface area (Å²) in [6.45, 7) is 3.15. The van der Waals surface area contributed by atoms with E-state index in [9.17, 15) is 13.2 Å². The van der Waals surface area contributed by atoms with Gasteiger partial charge in [0.25, 0.3) is 17.4 Å². The summed E-state index contributed by atoms with van der Waals surface area (Å²) in [5.74, 6) is -0.986. The third-order valence-electron chi connectivity index (χ3n) is 5.78. The number of allylic oxidation sites excluding steroid dienone is 1. The van der Waals surface area contributed by atoms with Crippen LogP contribution in [0.4, 0.5) is 0 Å². The summed E-state index contributed by atoms with van der Waals surface area (Å²) in [7, 11) is -8.55. The van der Waals surface area contributed by atoms with E-state index in [0.29, 0.717) is 5.56 Å². The van der Waals surface area contributed by atoms with Crippen LogP contribution in [0.25, 0.3) is 17.0 Å². The van der Waals surface area contributed by atoms with E-state index in [0.717, 1.165) is 3.97 Å². The maximum atomic E-state index is 15.0. The summed E-state index contributed by atoms with van der Waals surface area (Å²) >= 11 is 6.33. The molecule has 0 bridgehead atoms. The van der Waals surface area contributed by atoms with E-state index in [2.05, 4.69) is 0 Å². The van der Waals surface area contributed by atoms with Crippen molar-refractivity contribution in [2.45, 2.75) is 18.7 Å². The van der Waals surface area contributed by atoms with Crippen LogP contribution in [0.2, 0.25) is 5.02 Å². The van der Waals surface area contributed by atoms with Crippen LogP contribution in [0.5, 0.6) is 0 Å². The number of rotatable bonds is 9. The molecule has 0 aliphatic heterocycles. The van der Waals surface area contributed by atoms with E-state index in [1.165, 1.54) is 42.5 Å². The number of ether oxygens (including phenoxy) is 1. The van der Waals surface area contributed by atoms with Crippen LogP contribution in [0.1, 0.15) is 29.9 Å². The number of aromatic nitrogens is 1. The number of halogens is 1. The standard InChI is InChI=1S/C28H24ClN2O6PS/c1-3-36-28(32)26-27(38(33,37-4-2)22-12-8-10-20(18-22)11-9-17-30)24-19-21(29)15-16-25(24)31(26)39(34,35)23-13-6-5-7-14-23/h5-16,18-19H,3-4H2,1-2H3/b11-9-/t38-/m0/s1. The number of esters is 1. The van der Waals surface area contributed by atoms with Crippen LogP contribution < -0.4 is 10.6 Å². The normalized spacial score (nSPS) is 13.3. The zero-order valence-electron chi connectivity index (χ0n) is 21.1. The smallest absolute Gasteiger partial charge is 0.356 e. The van der Waals surface area contributed by atoms with Gasteiger partial charge in [-0.3, -0.25) is 4.57 Å². The summed E-state index contributed by atoms with van der Waals surface area (Å²) in [4.78, 5) is 13.5. The highest BCUT2D eigenvalue weighted by Gasteiger charge is 2.41. The molecular weight excluding hydrogens is 559 g/mol. The van der Waals surface area contributed by atoms with Gasteiger partial charge in [0.15, 0.2) is 5.69 Å². The minimum Gasteiger partial charge on any atom is -0.461 e. The first kappa shape index (κ1) is 28.3. The van der Waals surface area contributed by atoms with E-state index in [1.807, 2.05) is 6.07 Å². The molecule has 39 heavy (non-hydrogen) atoms. The van der Waals surface area contributed by atoms with Crippen molar-refractivity contribution in [2.75, 3.05) is 13.2 Å². The number of hydrogen-bond acceptors (Lipinski definition) is 7. The lowest BCUT2D eigenvalue weighted by atomic mass is 10.2. The Bertz CT molecular complexity index is 1780. The molecule has 1 aromatic heterocycles. The minimum absolute atomic E-state index is 0.0174. The van der Waals surface area contributed by atoms with E-state index in [4.69, 9.17) is 26.1 Å². The molecule has 8 nitrogen and oxygen atoms in total.